The minimum Gasteiger partial charge on any atom is -0.505 e. The molecule has 1 atom stereocenters. The molecular weight excluding hydrogens is 276 g/mol. The van der Waals surface area contributed by atoms with Gasteiger partial charge in [-0.15, -0.1) is 0 Å². The predicted octanol–water partition coefficient (Wildman–Crippen LogP) is 2.35. The predicted molar refractivity (Wildman–Crippen MR) is 66.0 cm³/mol. The van der Waals surface area contributed by atoms with Crippen LogP contribution in [0.25, 0.3) is 0 Å². The molecule has 1 aliphatic heterocycles. The first-order valence-electron chi connectivity index (χ1n) is 6.32. The van der Waals surface area contributed by atoms with Crippen LogP contribution in [-0.2, 0) is 0 Å². The van der Waals surface area contributed by atoms with Gasteiger partial charge in [-0.25, -0.2) is 4.39 Å². The van der Waals surface area contributed by atoms with Crippen molar-refractivity contribution in [3.8, 4) is 5.75 Å². The number of phenolic OH excluding ortho intramolecular Hbond substituents is 1. The highest BCUT2D eigenvalue weighted by atomic mass is 19.4. The number of benzene rings is 1. The van der Waals surface area contributed by atoms with Crippen molar-refractivity contribution in [1.82, 2.24) is 10.2 Å². The Bertz CT molecular complexity index is 484. The quantitative estimate of drug-likeness (QED) is 0.821. The van der Waals surface area contributed by atoms with Gasteiger partial charge < -0.3 is 10.4 Å². The number of aromatic hydroxyl groups is 1. The normalized spacial score (nSPS) is 19.1. The molecule has 0 amide bonds. The monoisotopic (exact) mass is 292 g/mol. The zero-order valence-corrected chi connectivity index (χ0v) is 11.0. The molecule has 2 N–H and O–H groups in total. The van der Waals surface area contributed by atoms with Gasteiger partial charge in [0.2, 0.25) is 0 Å². The second-order valence-corrected chi connectivity index (χ2v) is 4.86. The molecule has 112 valence electrons. The highest BCUT2D eigenvalue weighted by molar-refractivity contribution is 5.43. The number of piperazine rings is 1. The number of nitrogens with one attached hydrogen (secondary N) is 1. The molecule has 0 bridgehead atoms. The summed E-state index contributed by atoms with van der Waals surface area (Å²) in [6.45, 7) is 2.69. The van der Waals surface area contributed by atoms with Crippen LogP contribution in [0.15, 0.2) is 12.1 Å². The van der Waals surface area contributed by atoms with Crippen LogP contribution in [0.1, 0.15) is 17.2 Å². The van der Waals surface area contributed by atoms with Crippen molar-refractivity contribution in [3.63, 3.8) is 0 Å². The third kappa shape index (κ3) is 2.88. The number of halogens is 4. The van der Waals surface area contributed by atoms with Crippen LogP contribution in [0.4, 0.5) is 17.6 Å². The van der Waals surface area contributed by atoms with Crippen molar-refractivity contribution < 1.29 is 22.7 Å². The summed E-state index contributed by atoms with van der Waals surface area (Å²) in [6, 6.07) is 0.241. The van der Waals surface area contributed by atoms with Crippen molar-refractivity contribution in [1.29, 1.82) is 0 Å². The maximum atomic E-state index is 13.4. The second-order valence-electron chi connectivity index (χ2n) is 4.86. The number of hydrogen-bond acceptors (Lipinski definition) is 3. The molecule has 1 fully saturated rings. The van der Waals surface area contributed by atoms with Crippen LogP contribution in [-0.4, -0.2) is 42.4 Å². The molecule has 20 heavy (non-hydrogen) atoms. The molecule has 1 aromatic rings. The standard InChI is InChI=1S/C13H16F4N2O/c1-8-2-3-9(14)11(20)10(8)12(13(15,16)17)19-6-4-18-5-7-19/h2-3,12,18,20H,4-7H2,1H3/t12-/m0/s1. The molecule has 2 rings (SSSR count). The van der Waals surface area contributed by atoms with Gasteiger partial charge in [-0.1, -0.05) is 6.07 Å². The molecule has 1 heterocycles. The zero-order valence-electron chi connectivity index (χ0n) is 11.0. The van der Waals surface area contributed by atoms with E-state index in [0.717, 1.165) is 6.07 Å². The first-order chi connectivity index (χ1) is 9.32. The van der Waals surface area contributed by atoms with Gasteiger partial charge >= 0.3 is 6.18 Å². The fourth-order valence-corrected chi connectivity index (χ4v) is 2.52. The van der Waals surface area contributed by atoms with E-state index in [9.17, 15) is 22.7 Å². The topological polar surface area (TPSA) is 35.5 Å². The SMILES string of the molecule is Cc1ccc(F)c(O)c1[C@H](N1CCNCC1)C(F)(F)F. The van der Waals surface area contributed by atoms with Crippen LogP contribution >= 0.6 is 0 Å². The Morgan fingerprint density at radius 2 is 1.85 bits per heavy atom. The molecule has 0 spiro atoms. The van der Waals surface area contributed by atoms with Crippen LogP contribution < -0.4 is 5.32 Å². The minimum absolute atomic E-state index is 0.194. The van der Waals surface area contributed by atoms with Crippen molar-refractivity contribution in [2.45, 2.75) is 19.1 Å². The maximum absolute atomic E-state index is 13.4. The van der Waals surface area contributed by atoms with Crippen molar-refractivity contribution in [2.24, 2.45) is 0 Å². The lowest BCUT2D eigenvalue weighted by Gasteiger charge is -2.37. The van der Waals surface area contributed by atoms with Gasteiger partial charge in [-0.2, -0.15) is 13.2 Å². The number of phenols is 1. The number of hydrogen-bond donors (Lipinski definition) is 2. The van der Waals surface area contributed by atoms with Gasteiger partial charge in [-0.05, 0) is 18.6 Å². The van der Waals surface area contributed by atoms with Crippen molar-refractivity contribution >= 4 is 0 Å². The smallest absolute Gasteiger partial charge is 0.408 e. The van der Waals surface area contributed by atoms with Crippen LogP contribution in [0.3, 0.4) is 0 Å². The summed E-state index contributed by atoms with van der Waals surface area (Å²) in [6.07, 6.45) is -4.58. The van der Waals surface area contributed by atoms with E-state index in [1.165, 1.54) is 17.9 Å². The van der Waals surface area contributed by atoms with Gasteiger partial charge in [0.15, 0.2) is 11.6 Å². The van der Waals surface area contributed by atoms with E-state index in [2.05, 4.69) is 5.32 Å². The van der Waals surface area contributed by atoms with Crippen LogP contribution in [0, 0.1) is 12.7 Å². The lowest BCUT2D eigenvalue weighted by Crippen LogP contribution is -2.49. The van der Waals surface area contributed by atoms with E-state index in [-0.39, 0.29) is 24.2 Å². The Labute approximate surface area is 114 Å². The molecule has 0 aliphatic carbocycles. The van der Waals surface area contributed by atoms with E-state index < -0.39 is 23.8 Å². The van der Waals surface area contributed by atoms with Crippen LogP contribution in [0.2, 0.25) is 0 Å². The first-order valence-corrected chi connectivity index (χ1v) is 6.32. The second kappa shape index (κ2) is 5.57. The summed E-state index contributed by atoms with van der Waals surface area (Å²) in [5.41, 5.74) is -0.163. The number of alkyl halides is 3. The Balaban J connectivity index is 2.49. The first kappa shape index (κ1) is 15.1. The summed E-state index contributed by atoms with van der Waals surface area (Å²) in [5.74, 6) is -1.94. The summed E-state index contributed by atoms with van der Waals surface area (Å²) in [5, 5.41) is 12.7. The molecule has 1 aliphatic rings. The van der Waals surface area contributed by atoms with E-state index in [0.29, 0.717) is 13.1 Å². The van der Waals surface area contributed by atoms with Crippen molar-refractivity contribution in [3.05, 3.63) is 29.1 Å². The fraction of sp³-hybridized carbons (Fsp3) is 0.538. The molecule has 0 aromatic heterocycles. The molecule has 0 unspecified atom stereocenters. The third-order valence-corrected chi connectivity index (χ3v) is 3.49. The highest BCUT2D eigenvalue weighted by Crippen LogP contribution is 2.43. The largest absolute Gasteiger partial charge is 0.505 e. The summed E-state index contributed by atoms with van der Waals surface area (Å²) in [4.78, 5) is 1.22. The molecular formula is C13H16F4N2O. The third-order valence-electron chi connectivity index (χ3n) is 3.49. The maximum Gasteiger partial charge on any atom is 0.408 e. The Morgan fingerprint density at radius 1 is 1.25 bits per heavy atom. The molecule has 7 heteroatoms. The fourth-order valence-electron chi connectivity index (χ4n) is 2.52. The van der Waals surface area contributed by atoms with E-state index in [1.54, 1.807) is 0 Å². The van der Waals surface area contributed by atoms with Gasteiger partial charge in [0.25, 0.3) is 0 Å². The van der Waals surface area contributed by atoms with Crippen molar-refractivity contribution in [2.75, 3.05) is 26.2 Å². The van der Waals surface area contributed by atoms with E-state index in [1.807, 2.05) is 0 Å². The molecule has 0 saturated carbocycles. The van der Waals surface area contributed by atoms with Gasteiger partial charge in [0.1, 0.15) is 6.04 Å². The number of aryl methyl sites for hydroxylation is 1. The van der Waals surface area contributed by atoms with Gasteiger partial charge in [0.05, 0.1) is 0 Å². The summed E-state index contributed by atoms with van der Waals surface area (Å²) >= 11 is 0. The molecule has 3 nitrogen and oxygen atoms in total. The molecule has 1 aromatic carbocycles. The van der Waals surface area contributed by atoms with E-state index in [4.69, 9.17) is 0 Å². The Kier molecular flexibility index (Phi) is 4.19. The average molecular weight is 292 g/mol. The Hall–Kier alpha value is -1.34. The number of nitrogens with zero attached hydrogens (tertiary/aromatic N) is 1. The van der Waals surface area contributed by atoms with E-state index >= 15 is 0 Å². The highest BCUT2D eigenvalue weighted by Gasteiger charge is 2.47. The zero-order chi connectivity index (χ0) is 14.9. The lowest BCUT2D eigenvalue weighted by molar-refractivity contribution is -0.188. The lowest BCUT2D eigenvalue weighted by atomic mass is 9.97. The average Bonchev–Trinajstić information content (AvgIpc) is 2.39. The van der Waals surface area contributed by atoms with Crippen LogP contribution in [0.5, 0.6) is 5.75 Å². The number of rotatable bonds is 2. The molecule has 0 radical (unpaired) electrons. The Morgan fingerprint density at radius 3 is 2.40 bits per heavy atom. The van der Waals surface area contributed by atoms with Gasteiger partial charge in [-0.3, -0.25) is 4.90 Å². The molecule has 1 saturated heterocycles. The summed E-state index contributed by atoms with van der Waals surface area (Å²) in [7, 11) is 0. The summed E-state index contributed by atoms with van der Waals surface area (Å²) < 4.78 is 53.6. The van der Waals surface area contributed by atoms with Gasteiger partial charge in [0, 0.05) is 31.7 Å². The minimum atomic E-state index is -4.58.